The summed E-state index contributed by atoms with van der Waals surface area (Å²) in [7, 11) is 0. The summed E-state index contributed by atoms with van der Waals surface area (Å²) in [6.07, 6.45) is 1.07. The number of hydrogen-bond acceptors (Lipinski definition) is 2. The second kappa shape index (κ2) is 5.48. The molecule has 4 nitrogen and oxygen atoms in total. The monoisotopic (exact) mass is 335 g/mol. The van der Waals surface area contributed by atoms with Crippen LogP contribution in [0.1, 0.15) is 10.4 Å². The van der Waals surface area contributed by atoms with Gasteiger partial charge in [-0.1, -0.05) is 17.7 Å². The molecule has 0 fully saturated rings. The quantitative estimate of drug-likeness (QED) is 0.778. The number of benzene rings is 2. The van der Waals surface area contributed by atoms with E-state index in [1.807, 2.05) is 0 Å². The summed E-state index contributed by atoms with van der Waals surface area (Å²) in [5.74, 6) is -2.85. The minimum Gasteiger partial charge on any atom is -0.477 e. The van der Waals surface area contributed by atoms with Crippen LogP contribution in [0.5, 0.6) is 0 Å². The van der Waals surface area contributed by atoms with Gasteiger partial charge in [0.05, 0.1) is 10.5 Å². The van der Waals surface area contributed by atoms with Crippen molar-refractivity contribution < 1.29 is 18.7 Å². The average Bonchev–Trinajstić information content (AvgIpc) is 2.49. The van der Waals surface area contributed by atoms with E-state index in [9.17, 15) is 18.4 Å². The van der Waals surface area contributed by atoms with Crippen LogP contribution >= 0.6 is 11.6 Å². The molecule has 0 amide bonds. The van der Waals surface area contributed by atoms with Gasteiger partial charge in [-0.2, -0.15) is 0 Å². The Hall–Kier alpha value is -2.73. The molecule has 0 atom stereocenters. The predicted molar refractivity (Wildman–Crippen MR) is 81.4 cm³/mol. The minimum atomic E-state index is -1.46. The van der Waals surface area contributed by atoms with Crippen molar-refractivity contribution in [2.24, 2.45) is 0 Å². The fraction of sp³-hybridized carbons (Fsp3) is 0. The zero-order valence-corrected chi connectivity index (χ0v) is 12.1. The summed E-state index contributed by atoms with van der Waals surface area (Å²) in [4.78, 5) is 23.5. The summed E-state index contributed by atoms with van der Waals surface area (Å²) in [6.45, 7) is 0. The Labute approximate surface area is 133 Å². The van der Waals surface area contributed by atoms with Crippen LogP contribution in [0.3, 0.4) is 0 Å². The number of aromatic nitrogens is 1. The topological polar surface area (TPSA) is 59.3 Å². The number of hydrogen-bond donors (Lipinski definition) is 1. The molecule has 7 heteroatoms. The van der Waals surface area contributed by atoms with Crippen molar-refractivity contribution in [3.8, 4) is 5.69 Å². The number of carboxylic acids is 1. The lowest BCUT2D eigenvalue weighted by Gasteiger charge is -2.13. The van der Waals surface area contributed by atoms with E-state index in [1.165, 1.54) is 28.8 Å². The van der Waals surface area contributed by atoms with Crippen LogP contribution in [0.4, 0.5) is 8.78 Å². The lowest BCUT2D eigenvalue weighted by molar-refractivity contribution is 0.0695. The smallest absolute Gasteiger partial charge is 0.341 e. The van der Waals surface area contributed by atoms with E-state index in [1.54, 1.807) is 0 Å². The van der Waals surface area contributed by atoms with Gasteiger partial charge in [-0.3, -0.25) is 4.79 Å². The van der Waals surface area contributed by atoms with Gasteiger partial charge >= 0.3 is 5.97 Å². The fourth-order valence-electron chi connectivity index (χ4n) is 2.31. The molecule has 0 saturated carbocycles. The largest absolute Gasteiger partial charge is 0.477 e. The molecule has 2 aromatic carbocycles. The Morgan fingerprint density at radius 3 is 2.57 bits per heavy atom. The van der Waals surface area contributed by atoms with E-state index in [0.717, 1.165) is 18.3 Å². The van der Waals surface area contributed by atoms with Crippen LogP contribution in [-0.4, -0.2) is 15.6 Å². The highest BCUT2D eigenvalue weighted by molar-refractivity contribution is 6.31. The van der Waals surface area contributed by atoms with E-state index in [4.69, 9.17) is 16.7 Å². The van der Waals surface area contributed by atoms with E-state index >= 15 is 0 Å². The van der Waals surface area contributed by atoms with Crippen LogP contribution in [0.15, 0.2) is 47.4 Å². The third-order valence-electron chi connectivity index (χ3n) is 3.36. The maximum atomic E-state index is 13.7. The Balaban J connectivity index is 2.49. The lowest BCUT2D eigenvalue weighted by Crippen LogP contribution is -2.18. The Morgan fingerprint density at radius 2 is 1.91 bits per heavy atom. The first kappa shape index (κ1) is 15.2. The zero-order valence-electron chi connectivity index (χ0n) is 11.4. The lowest BCUT2D eigenvalue weighted by atomic mass is 10.1. The summed E-state index contributed by atoms with van der Waals surface area (Å²) in [5.41, 5.74) is -0.934. The molecule has 3 aromatic rings. The Kier molecular flexibility index (Phi) is 3.61. The van der Waals surface area contributed by atoms with Crippen molar-refractivity contribution in [2.45, 2.75) is 0 Å². The molecule has 1 aromatic heterocycles. The van der Waals surface area contributed by atoms with Gasteiger partial charge < -0.3 is 9.67 Å². The molecule has 0 radical (unpaired) electrons. The highest BCUT2D eigenvalue weighted by atomic mass is 35.5. The number of rotatable bonds is 2. The van der Waals surface area contributed by atoms with E-state index in [0.29, 0.717) is 0 Å². The van der Waals surface area contributed by atoms with Crippen LogP contribution in [0.2, 0.25) is 5.02 Å². The first-order chi connectivity index (χ1) is 10.9. The first-order valence-corrected chi connectivity index (χ1v) is 6.80. The third kappa shape index (κ3) is 2.57. The van der Waals surface area contributed by atoms with Crippen LogP contribution in [0.25, 0.3) is 16.6 Å². The first-order valence-electron chi connectivity index (χ1n) is 6.42. The average molecular weight is 336 g/mol. The number of aromatic carboxylic acids is 1. The van der Waals surface area contributed by atoms with Crippen molar-refractivity contribution >= 4 is 28.5 Å². The Morgan fingerprint density at radius 1 is 1.17 bits per heavy atom. The molecule has 0 bridgehead atoms. The van der Waals surface area contributed by atoms with Gasteiger partial charge in [0.1, 0.15) is 17.2 Å². The predicted octanol–water partition coefficient (Wildman–Crippen LogP) is 3.62. The Bertz CT molecular complexity index is 1010. The minimum absolute atomic E-state index is 0.156. The molecule has 0 aliphatic carbocycles. The number of carbonyl (C=O) groups is 1. The number of carboxylic acid groups (broad SMARTS) is 1. The van der Waals surface area contributed by atoms with Crippen LogP contribution < -0.4 is 5.43 Å². The molecule has 1 N–H and O–H groups in total. The fourth-order valence-corrected chi connectivity index (χ4v) is 2.47. The van der Waals surface area contributed by atoms with Gasteiger partial charge in [0.15, 0.2) is 0 Å². The number of pyridine rings is 1. The SMILES string of the molecule is O=C(O)c1cn(-c2cccc(F)c2)c2cc(Cl)c(F)cc2c1=O. The van der Waals surface area contributed by atoms with Crippen molar-refractivity contribution in [3.05, 3.63) is 75.0 Å². The standard InChI is InChI=1S/C16H8ClF2NO3/c17-12-6-14-10(5-13(12)19)15(21)11(16(22)23)7-20(14)9-3-1-2-8(18)4-9/h1-7H,(H,22,23). The van der Waals surface area contributed by atoms with E-state index in [-0.39, 0.29) is 21.6 Å². The molecule has 0 aliphatic heterocycles. The highest BCUT2D eigenvalue weighted by Gasteiger charge is 2.17. The molecular weight excluding hydrogens is 328 g/mol. The van der Waals surface area contributed by atoms with Gasteiger partial charge in [0, 0.05) is 17.3 Å². The molecule has 23 heavy (non-hydrogen) atoms. The van der Waals surface area contributed by atoms with Gasteiger partial charge in [-0.05, 0) is 30.3 Å². The van der Waals surface area contributed by atoms with Gasteiger partial charge in [-0.25, -0.2) is 13.6 Å². The molecule has 116 valence electrons. The van der Waals surface area contributed by atoms with Gasteiger partial charge in [0.2, 0.25) is 5.43 Å². The molecule has 0 unspecified atom stereocenters. The van der Waals surface area contributed by atoms with Crippen LogP contribution in [0, 0.1) is 11.6 Å². The van der Waals surface area contributed by atoms with Crippen molar-refractivity contribution in [1.29, 1.82) is 0 Å². The summed E-state index contributed by atoms with van der Waals surface area (Å²) < 4.78 is 28.4. The summed E-state index contributed by atoms with van der Waals surface area (Å²) in [6, 6.07) is 7.41. The normalized spacial score (nSPS) is 10.9. The van der Waals surface area contributed by atoms with Crippen molar-refractivity contribution in [2.75, 3.05) is 0 Å². The zero-order chi connectivity index (χ0) is 16.7. The molecule has 3 rings (SSSR count). The third-order valence-corrected chi connectivity index (χ3v) is 3.65. The maximum Gasteiger partial charge on any atom is 0.341 e. The van der Waals surface area contributed by atoms with E-state index in [2.05, 4.69) is 0 Å². The summed E-state index contributed by atoms with van der Waals surface area (Å²) >= 11 is 5.75. The number of fused-ring (bicyclic) bond motifs is 1. The van der Waals surface area contributed by atoms with Crippen LogP contribution in [-0.2, 0) is 0 Å². The molecule has 0 saturated heterocycles. The maximum absolute atomic E-state index is 13.7. The van der Waals surface area contributed by atoms with E-state index < -0.39 is 28.6 Å². The highest BCUT2D eigenvalue weighted by Crippen LogP contribution is 2.24. The molecule has 0 spiro atoms. The molecule has 1 heterocycles. The second-order valence-electron chi connectivity index (χ2n) is 4.81. The second-order valence-corrected chi connectivity index (χ2v) is 5.22. The summed E-state index contributed by atoms with van der Waals surface area (Å²) in [5, 5.41) is 8.78. The van der Waals surface area contributed by atoms with Crippen molar-refractivity contribution in [1.82, 2.24) is 4.57 Å². The molecule has 0 aliphatic rings. The van der Waals surface area contributed by atoms with Gasteiger partial charge in [0.25, 0.3) is 0 Å². The molecular formula is C16H8ClF2NO3. The van der Waals surface area contributed by atoms with Crippen molar-refractivity contribution in [3.63, 3.8) is 0 Å². The number of halogens is 3. The number of nitrogens with zero attached hydrogens (tertiary/aromatic N) is 1. The van der Waals surface area contributed by atoms with Gasteiger partial charge in [-0.15, -0.1) is 0 Å².